The fourth-order valence-electron chi connectivity index (χ4n) is 3.06. The van der Waals surface area contributed by atoms with Gasteiger partial charge >= 0.3 is 0 Å². The molecule has 132 valence electrons. The molecule has 0 saturated heterocycles. The third-order valence-corrected chi connectivity index (χ3v) is 5.40. The minimum atomic E-state index is -0.620. The summed E-state index contributed by atoms with van der Waals surface area (Å²) in [6, 6.07) is 15.2. The lowest BCUT2D eigenvalue weighted by Crippen LogP contribution is -2.40. The van der Waals surface area contributed by atoms with Gasteiger partial charge in [0.1, 0.15) is 5.60 Å². The summed E-state index contributed by atoms with van der Waals surface area (Å²) < 4.78 is 5.67. The van der Waals surface area contributed by atoms with Crippen LogP contribution in [-0.4, -0.2) is 19.6 Å². The second kappa shape index (κ2) is 7.36. The van der Waals surface area contributed by atoms with E-state index in [9.17, 15) is 4.79 Å². The first-order valence-electron chi connectivity index (χ1n) is 8.27. The summed E-state index contributed by atoms with van der Waals surface area (Å²) >= 11 is 12.0. The molecule has 1 saturated carbocycles. The minimum Gasteiger partial charge on any atom is -0.372 e. The third-order valence-electron chi connectivity index (χ3n) is 4.91. The molecule has 0 aliphatic heterocycles. The van der Waals surface area contributed by atoms with E-state index in [1.165, 1.54) is 0 Å². The van der Waals surface area contributed by atoms with Gasteiger partial charge in [-0.2, -0.15) is 0 Å². The Balaban J connectivity index is 1.61. The molecule has 0 aromatic heterocycles. The molecule has 0 heterocycles. The SMILES string of the molecule is COC(C)(CNC(=O)[C@H]1CC1c1ccc(Cl)cc1)c1cccc(Cl)c1. The highest BCUT2D eigenvalue weighted by molar-refractivity contribution is 6.30. The van der Waals surface area contributed by atoms with Crippen molar-refractivity contribution >= 4 is 29.1 Å². The van der Waals surface area contributed by atoms with E-state index < -0.39 is 5.60 Å². The first-order valence-corrected chi connectivity index (χ1v) is 9.03. The summed E-state index contributed by atoms with van der Waals surface area (Å²) in [7, 11) is 1.64. The number of hydrogen-bond donors (Lipinski definition) is 1. The van der Waals surface area contributed by atoms with Gasteiger partial charge < -0.3 is 10.1 Å². The molecule has 2 unspecified atom stereocenters. The van der Waals surface area contributed by atoms with Crippen LogP contribution in [0.1, 0.15) is 30.4 Å². The van der Waals surface area contributed by atoms with Gasteiger partial charge in [-0.1, -0.05) is 47.5 Å². The van der Waals surface area contributed by atoms with Gasteiger partial charge in [-0.15, -0.1) is 0 Å². The maximum absolute atomic E-state index is 12.5. The summed E-state index contributed by atoms with van der Waals surface area (Å²) in [5, 5.41) is 4.39. The summed E-state index contributed by atoms with van der Waals surface area (Å²) in [6.07, 6.45) is 0.869. The van der Waals surface area contributed by atoms with Gasteiger partial charge in [0, 0.05) is 23.1 Å². The predicted molar refractivity (Wildman–Crippen MR) is 101 cm³/mol. The Hall–Kier alpha value is -1.55. The molecule has 3 nitrogen and oxygen atoms in total. The van der Waals surface area contributed by atoms with Crippen molar-refractivity contribution in [1.82, 2.24) is 5.32 Å². The monoisotopic (exact) mass is 377 g/mol. The molecular formula is C20H21Cl2NO2. The van der Waals surface area contributed by atoms with Gasteiger partial charge in [0.25, 0.3) is 0 Å². The largest absolute Gasteiger partial charge is 0.372 e. The Labute approximate surface area is 158 Å². The van der Waals surface area contributed by atoms with E-state index >= 15 is 0 Å². The molecule has 0 bridgehead atoms. The number of methoxy groups -OCH3 is 1. The van der Waals surface area contributed by atoms with Crippen LogP contribution < -0.4 is 5.32 Å². The molecule has 1 amide bonds. The fourth-order valence-corrected chi connectivity index (χ4v) is 3.38. The third kappa shape index (κ3) is 4.17. The van der Waals surface area contributed by atoms with Crippen molar-refractivity contribution in [2.24, 2.45) is 5.92 Å². The van der Waals surface area contributed by atoms with Crippen LogP contribution in [0.25, 0.3) is 0 Å². The van der Waals surface area contributed by atoms with Gasteiger partial charge in [0.2, 0.25) is 5.91 Å². The zero-order valence-corrected chi connectivity index (χ0v) is 15.8. The lowest BCUT2D eigenvalue weighted by atomic mass is 9.95. The number of amides is 1. The smallest absolute Gasteiger partial charge is 0.223 e. The number of hydrogen-bond acceptors (Lipinski definition) is 2. The van der Waals surface area contributed by atoms with Crippen LogP contribution in [0.15, 0.2) is 48.5 Å². The Morgan fingerprint density at radius 1 is 1.20 bits per heavy atom. The van der Waals surface area contributed by atoms with E-state index in [1.54, 1.807) is 7.11 Å². The van der Waals surface area contributed by atoms with E-state index in [4.69, 9.17) is 27.9 Å². The second-order valence-electron chi connectivity index (χ2n) is 6.66. The van der Waals surface area contributed by atoms with Crippen molar-refractivity contribution in [3.63, 3.8) is 0 Å². The summed E-state index contributed by atoms with van der Waals surface area (Å²) in [5.74, 6) is 0.351. The number of rotatable bonds is 6. The fraction of sp³-hybridized carbons (Fsp3) is 0.350. The lowest BCUT2D eigenvalue weighted by molar-refractivity contribution is -0.124. The van der Waals surface area contributed by atoms with E-state index in [2.05, 4.69) is 5.32 Å². The molecular weight excluding hydrogens is 357 g/mol. The number of halogens is 2. The number of benzene rings is 2. The Bertz CT molecular complexity index is 763. The molecule has 0 spiro atoms. The average Bonchev–Trinajstić information content (AvgIpc) is 3.41. The average molecular weight is 378 g/mol. The van der Waals surface area contributed by atoms with Gasteiger partial charge in [-0.3, -0.25) is 4.79 Å². The van der Waals surface area contributed by atoms with Gasteiger partial charge in [-0.25, -0.2) is 0 Å². The molecule has 5 heteroatoms. The quantitative estimate of drug-likeness (QED) is 0.786. The van der Waals surface area contributed by atoms with Crippen molar-refractivity contribution < 1.29 is 9.53 Å². The van der Waals surface area contributed by atoms with E-state index in [0.717, 1.165) is 17.5 Å². The molecule has 3 rings (SSSR count). The molecule has 1 N–H and O–H groups in total. The lowest BCUT2D eigenvalue weighted by Gasteiger charge is -2.29. The summed E-state index contributed by atoms with van der Waals surface area (Å²) in [6.45, 7) is 2.34. The zero-order valence-electron chi connectivity index (χ0n) is 14.3. The molecule has 1 aliphatic carbocycles. The van der Waals surface area contributed by atoms with E-state index in [-0.39, 0.29) is 17.7 Å². The van der Waals surface area contributed by atoms with Crippen molar-refractivity contribution in [3.8, 4) is 0 Å². The zero-order chi connectivity index (χ0) is 18.0. The minimum absolute atomic E-state index is 0.0154. The van der Waals surface area contributed by atoms with Crippen LogP contribution in [0.2, 0.25) is 10.0 Å². The van der Waals surface area contributed by atoms with Crippen LogP contribution in [-0.2, 0) is 15.1 Å². The van der Waals surface area contributed by atoms with E-state index in [0.29, 0.717) is 16.6 Å². The maximum Gasteiger partial charge on any atom is 0.223 e. The number of carbonyl (C=O) groups excluding carboxylic acids is 1. The number of carbonyl (C=O) groups is 1. The topological polar surface area (TPSA) is 38.3 Å². The van der Waals surface area contributed by atoms with Crippen molar-refractivity contribution in [3.05, 3.63) is 69.7 Å². The molecule has 2 aromatic carbocycles. The highest BCUT2D eigenvalue weighted by Crippen LogP contribution is 2.47. The van der Waals surface area contributed by atoms with Crippen LogP contribution in [0, 0.1) is 5.92 Å². The van der Waals surface area contributed by atoms with Crippen LogP contribution in [0.4, 0.5) is 0 Å². The second-order valence-corrected chi connectivity index (χ2v) is 7.54. The van der Waals surface area contributed by atoms with Gasteiger partial charge in [-0.05, 0) is 54.7 Å². The van der Waals surface area contributed by atoms with Crippen LogP contribution in [0.3, 0.4) is 0 Å². The predicted octanol–water partition coefficient (Wildman–Crippen LogP) is 4.77. The van der Waals surface area contributed by atoms with Crippen LogP contribution in [0.5, 0.6) is 0 Å². The molecule has 0 radical (unpaired) electrons. The van der Waals surface area contributed by atoms with Crippen molar-refractivity contribution in [2.45, 2.75) is 24.9 Å². The van der Waals surface area contributed by atoms with Crippen molar-refractivity contribution in [1.29, 1.82) is 0 Å². The Kier molecular flexibility index (Phi) is 5.38. The first kappa shape index (κ1) is 18.2. The molecule has 1 aliphatic rings. The highest BCUT2D eigenvalue weighted by atomic mass is 35.5. The molecule has 25 heavy (non-hydrogen) atoms. The number of ether oxygens (including phenoxy) is 1. The normalized spacial score (nSPS) is 21.4. The van der Waals surface area contributed by atoms with Crippen LogP contribution >= 0.6 is 23.2 Å². The highest BCUT2D eigenvalue weighted by Gasteiger charge is 2.44. The Morgan fingerprint density at radius 2 is 1.92 bits per heavy atom. The molecule has 3 atom stereocenters. The summed E-state index contributed by atoms with van der Waals surface area (Å²) in [4.78, 5) is 12.5. The molecule has 1 fully saturated rings. The standard InChI is InChI=1S/C20H21Cl2NO2/c1-20(25-2,14-4-3-5-16(22)10-14)12-23-19(24)18-11-17(18)13-6-8-15(21)9-7-13/h3-10,17-18H,11-12H2,1-2H3,(H,23,24)/t17?,18-,20?/m0/s1. The van der Waals surface area contributed by atoms with E-state index in [1.807, 2.05) is 55.5 Å². The van der Waals surface area contributed by atoms with Gasteiger partial charge in [0.05, 0.1) is 6.54 Å². The Morgan fingerprint density at radius 3 is 2.56 bits per heavy atom. The molecule has 2 aromatic rings. The van der Waals surface area contributed by atoms with Crippen molar-refractivity contribution in [2.75, 3.05) is 13.7 Å². The van der Waals surface area contributed by atoms with Gasteiger partial charge in [0.15, 0.2) is 0 Å². The maximum atomic E-state index is 12.5. The first-order chi connectivity index (χ1) is 11.9. The summed E-state index contributed by atoms with van der Waals surface area (Å²) in [5.41, 5.74) is 1.48. The number of nitrogens with one attached hydrogen (secondary N) is 1.